The van der Waals surface area contributed by atoms with Crippen molar-refractivity contribution in [2.45, 2.75) is 6.54 Å². The van der Waals surface area contributed by atoms with E-state index >= 15 is 0 Å². The van der Waals surface area contributed by atoms with Crippen LogP contribution in [-0.4, -0.2) is 42.1 Å². The summed E-state index contributed by atoms with van der Waals surface area (Å²) >= 11 is 1.96. The Morgan fingerprint density at radius 2 is 2.05 bits per heavy atom. The van der Waals surface area contributed by atoms with Crippen LogP contribution in [0.25, 0.3) is 0 Å². The Hall–Kier alpha value is -1.80. The van der Waals surface area contributed by atoms with Gasteiger partial charge in [-0.25, -0.2) is 4.99 Å². The van der Waals surface area contributed by atoms with Gasteiger partial charge >= 0.3 is 0 Å². The highest BCUT2D eigenvalue weighted by molar-refractivity contribution is 7.99. The first-order chi connectivity index (χ1) is 9.79. The number of aliphatic imine (C=N–C) groups is 1. The molecule has 0 saturated carbocycles. The maximum Gasteiger partial charge on any atom is 0.191 e. The Morgan fingerprint density at radius 3 is 2.70 bits per heavy atom. The number of hydrogen-bond donors (Lipinski definition) is 1. The van der Waals surface area contributed by atoms with Crippen molar-refractivity contribution in [1.82, 2.24) is 4.90 Å². The molecule has 4 nitrogen and oxygen atoms in total. The molecule has 1 heterocycles. The quantitative estimate of drug-likeness (QED) is 0.519. The van der Waals surface area contributed by atoms with E-state index in [-0.39, 0.29) is 6.61 Å². The summed E-state index contributed by atoms with van der Waals surface area (Å²) in [6.45, 7) is 2.85. The number of hydrogen-bond acceptors (Lipinski definition) is 3. The summed E-state index contributed by atoms with van der Waals surface area (Å²) in [6, 6.07) is 7.76. The van der Waals surface area contributed by atoms with E-state index in [0.29, 0.717) is 12.5 Å². The fraction of sp³-hybridized carbons (Fsp3) is 0.400. The molecule has 0 aliphatic carbocycles. The van der Waals surface area contributed by atoms with Gasteiger partial charge in [-0.05, 0) is 17.7 Å². The minimum atomic E-state index is 0.289. The predicted molar refractivity (Wildman–Crippen MR) is 85.0 cm³/mol. The Labute approximate surface area is 124 Å². The zero-order chi connectivity index (χ0) is 14.2. The van der Waals surface area contributed by atoms with Crippen LogP contribution in [-0.2, 0) is 6.54 Å². The van der Waals surface area contributed by atoms with Gasteiger partial charge in [0.25, 0.3) is 0 Å². The van der Waals surface area contributed by atoms with E-state index in [2.05, 4.69) is 15.8 Å². The van der Waals surface area contributed by atoms with Crippen LogP contribution in [0.3, 0.4) is 0 Å². The Kier molecular flexibility index (Phi) is 5.63. The molecule has 0 aromatic heterocycles. The molecule has 0 spiro atoms. The molecular formula is C15H19N3OS. The molecule has 0 amide bonds. The molecule has 1 aliphatic rings. The molecule has 5 heteroatoms. The molecule has 2 N–H and O–H groups in total. The fourth-order valence-electron chi connectivity index (χ4n) is 1.88. The molecule has 2 rings (SSSR count). The molecule has 1 aromatic rings. The van der Waals surface area contributed by atoms with Gasteiger partial charge in [-0.3, -0.25) is 0 Å². The van der Waals surface area contributed by atoms with E-state index in [1.54, 1.807) is 0 Å². The smallest absolute Gasteiger partial charge is 0.191 e. The highest BCUT2D eigenvalue weighted by atomic mass is 32.2. The second-order valence-corrected chi connectivity index (χ2v) is 5.64. The van der Waals surface area contributed by atoms with Crippen molar-refractivity contribution in [3.8, 4) is 18.1 Å². The zero-order valence-corrected chi connectivity index (χ0v) is 12.2. The molecule has 0 radical (unpaired) electrons. The number of terminal acetylenes is 1. The highest BCUT2D eigenvalue weighted by Gasteiger charge is 2.11. The third-order valence-electron chi connectivity index (χ3n) is 3.00. The second kappa shape index (κ2) is 7.71. The molecule has 1 aromatic carbocycles. The van der Waals surface area contributed by atoms with Gasteiger partial charge in [-0.2, -0.15) is 11.8 Å². The molecule has 0 unspecified atom stereocenters. The van der Waals surface area contributed by atoms with Crippen molar-refractivity contribution >= 4 is 17.7 Å². The molecule has 20 heavy (non-hydrogen) atoms. The molecule has 0 atom stereocenters. The molecule has 106 valence electrons. The first-order valence-corrected chi connectivity index (χ1v) is 7.73. The summed E-state index contributed by atoms with van der Waals surface area (Å²) in [5.41, 5.74) is 7.12. The first kappa shape index (κ1) is 14.6. The number of nitrogens with two attached hydrogens (primary N) is 1. The maximum absolute atomic E-state index is 6.01. The molecule has 1 fully saturated rings. The Bertz CT molecular complexity index is 487. The van der Waals surface area contributed by atoms with E-state index in [1.165, 1.54) is 0 Å². The van der Waals surface area contributed by atoms with Crippen LogP contribution in [0, 0.1) is 12.3 Å². The topological polar surface area (TPSA) is 50.9 Å². The second-order valence-electron chi connectivity index (χ2n) is 4.41. The normalized spacial score (nSPS) is 15.8. The van der Waals surface area contributed by atoms with Crippen LogP contribution >= 0.6 is 11.8 Å². The molecule has 1 aliphatic heterocycles. The molecular weight excluding hydrogens is 270 g/mol. The maximum atomic E-state index is 6.01. The highest BCUT2D eigenvalue weighted by Crippen LogP contribution is 2.13. The zero-order valence-electron chi connectivity index (χ0n) is 11.4. The lowest BCUT2D eigenvalue weighted by atomic mass is 10.2. The number of guanidine groups is 1. The molecule has 0 bridgehead atoms. The summed E-state index contributed by atoms with van der Waals surface area (Å²) in [4.78, 5) is 6.59. The predicted octanol–water partition coefficient (Wildman–Crippen LogP) is 1.56. The van der Waals surface area contributed by atoms with Crippen LogP contribution in [0.5, 0.6) is 5.75 Å². The van der Waals surface area contributed by atoms with Crippen LogP contribution in [0.1, 0.15) is 5.56 Å². The van der Waals surface area contributed by atoms with E-state index in [9.17, 15) is 0 Å². The van der Waals surface area contributed by atoms with Gasteiger partial charge in [0.15, 0.2) is 5.96 Å². The van der Waals surface area contributed by atoms with Gasteiger partial charge < -0.3 is 15.4 Å². The van der Waals surface area contributed by atoms with Gasteiger partial charge in [-0.1, -0.05) is 18.1 Å². The fourth-order valence-corrected chi connectivity index (χ4v) is 2.78. The number of nitrogens with zero attached hydrogens (tertiary/aromatic N) is 2. The third-order valence-corrected chi connectivity index (χ3v) is 3.95. The number of rotatable bonds is 4. The van der Waals surface area contributed by atoms with Crippen LogP contribution < -0.4 is 10.5 Å². The lowest BCUT2D eigenvalue weighted by Crippen LogP contribution is -2.42. The Balaban J connectivity index is 1.87. The van der Waals surface area contributed by atoms with Crippen molar-refractivity contribution in [3.05, 3.63) is 29.8 Å². The lowest BCUT2D eigenvalue weighted by molar-refractivity contribution is 0.370. The summed E-state index contributed by atoms with van der Waals surface area (Å²) in [6.07, 6.45) is 5.15. The van der Waals surface area contributed by atoms with E-state index in [1.807, 2.05) is 36.0 Å². The SMILES string of the molecule is C#CCOc1ccc(CN=C(N)N2CCSCC2)cc1. The summed E-state index contributed by atoms with van der Waals surface area (Å²) in [5.74, 6) is 6.10. The van der Waals surface area contributed by atoms with Gasteiger partial charge in [0.2, 0.25) is 0 Å². The third kappa shape index (κ3) is 4.39. The summed E-state index contributed by atoms with van der Waals surface area (Å²) in [5, 5.41) is 0. The Morgan fingerprint density at radius 1 is 1.35 bits per heavy atom. The lowest BCUT2D eigenvalue weighted by Gasteiger charge is -2.27. The van der Waals surface area contributed by atoms with Gasteiger partial charge in [0.05, 0.1) is 6.54 Å². The van der Waals surface area contributed by atoms with Crippen LogP contribution in [0.4, 0.5) is 0 Å². The van der Waals surface area contributed by atoms with Crippen molar-refractivity contribution in [2.24, 2.45) is 10.7 Å². The first-order valence-electron chi connectivity index (χ1n) is 6.57. The van der Waals surface area contributed by atoms with Gasteiger partial charge in [0.1, 0.15) is 12.4 Å². The van der Waals surface area contributed by atoms with E-state index in [0.717, 1.165) is 35.9 Å². The van der Waals surface area contributed by atoms with Crippen LogP contribution in [0.2, 0.25) is 0 Å². The van der Waals surface area contributed by atoms with Crippen molar-refractivity contribution in [1.29, 1.82) is 0 Å². The van der Waals surface area contributed by atoms with Crippen molar-refractivity contribution in [3.63, 3.8) is 0 Å². The largest absolute Gasteiger partial charge is 0.481 e. The van der Waals surface area contributed by atoms with Crippen molar-refractivity contribution in [2.75, 3.05) is 31.2 Å². The van der Waals surface area contributed by atoms with E-state index in [4.69, 9.17) is 16.9 Å². The standard InChI is InChI=1S/C15H19N3OS/c1-2-9-19-14-5-3-13(4-6-14)12-17-15(16)18-7-10-20-11-8-18/h1,3-6H,7-12H2,(H2,16,17). The van der Waals surface area contributed by atoms with Gasteiger partial charge in [-0.15, -0.1) is 6.42 Å². The average Bonchev–Trinajstić information content (AvgIpc) is 2.52. The minimum absolute atomic E-state index is 0.289. The number of ether oxygens (including phenoxy) is 1. The van der Waals surface area contributed by atoms with Gasteiger partial charge in [0, 0.05) is 24.6 Å². The van der Waals surface area contributed by atoms with Crippen LogP contribution in [0.15, 0.2) is 29.3 Å². The number of thioether (sulfide) groups is 1. The average molecular weight is 289 g/mol. The summed E-state index contributed by atoms with van der Waals surface area (Å²) < 4.78 is 5.32. The van der Waals surface area contributed by atoms with Crippen molar-refractivity contribution < 1.29 is 4.74 Å². The van der Waals surface area contributed by atoms with E-state index < -0.39 is 0 Å². The summed E-state index contributed by atoms with van der Waals surface area (Å²) in [7, 11) is 0. The number of benzene rings is 1. The minimum Gasteiger partial charge on any atom is -0.481 e. The molecule has 1 saturated heterocycles. The monoisotopic (exact) mass is 289 g/mol.